The first kappa shape index (κ1) is 72.8. The highest BCUT2D eigenvalue weighted by Crippen LogP contribution is 2.23. The van der Waals surface area contributed by atoms with Crippen molar-refractivity contribution in [1.82, 2.24) is 5.32 Å². The first-order valence-corrected chi connectivity index (χ1v) is 31.2. The Balaban J connectivity index is 2.20. The Morgan fingerprint density at radius 2 is 0.785 bits per heavy atom. The van der Waals surface area contributed by atoms with Gasteiger partial charge < -0.3 is 40.3 Å². The Labute approximate surface area is 482 Å². The van der Waals surface area contributed by atoms with Crippen LogP contribution in [0.3, 0.4) is 0 Å². The van der Waals surface area contributed by atoms with Crippen molar-refractivity contribution in [2.75, 3.05) is 13.2 Å². The molecule has 0 bridgehead atoms. The molecule has 0 aliphatic carbocycles. The summed E-state index contributed by atoms with van der Waals surface area (Å²) in [6.07, 6.45) is 83.1. The number of nitrogens with one attached hydrogen (secondary N) is 1. The Bertz CT molecular complexity index is 1800. The molecule has 1 heterocycles. The number of hydrogen-bond acceptors (Lipinski definition) is 8. The smallest absolute Gasteiger partial charge is 0.220 e. The van der Waals surface area contributed by atoms with Crippen molar-refractivity contribution in [3.8, 4) is 0 Å². The Morgan fingerprint density at radius 1 is 0.443 bits per heavy atom. The van der Waals surface area contributed by atoms with Crippen molar-refractivity contribution >= 4 is 5.91 Å². The van der Waals surface area contributed by atoms with E-state index in [1.54, 1.807) is 6.08 Å². The average Bonchev–Trinajstić information content (AvgIpc) is 3.46. The maximum absolute atomic E-state index is 13.1. The zero-order valence-corrected chi connectivity index (χ0v) is 49.6. The van der Waals surface area contributed by atoms with Crippen molar-refractivity contribution in [1.29, 1.82) is 0 Å². The second-order valence-corrected chi connectivity index (χ2v) is 20.8. The second kappa shape index (κ2) is 57.1. The van der Waals surface area contributed by atoms with Gasteiger partial charge in [0.15, 0.2) is 6.29 Å². The minimum atomic E-state index is -1.58. The van der Waals surface area contributed by atoms with Crippen LogP contribution in [-0.4, -0.2) is 87.5 Å². The quantitative estimate of drug-likeness (QED) is 0.0261. The minimum absolute atomic E-state index is 0.208. The lowest BCUT2D eigenvalue weighted by Crippen LogP contribution is -2.60. The molecule has 0 aromatic rings. The molecule has 6 N–H and O–H groups in total. The number of aliphatic hydroxyl groups excluding tert-OH is 5. The largest absolute Gasteiger partial charge is 0.394 e. The van der Waals surface area contributed by atoms with Crippen LogP contribution in [-0.2, 0) is 14.3 Å². The summed E-state index contributed by atoms with van der Waals surface area (Å²) >= 11 is 0. The molecule has 1 saturated heterocycles. The van der Waals surface area contributed by atoms with Crippen LogP contribution < -0.4 is 5.32 Å². The van der Waals surface area contributed by atoms with E-state index in [4.69, 9.17) is 9.47 Å². The number of allylic oxidation sites excluding steroid dienone is 25. The van der Waals surface area contributed by atoms with E-state index < -0.39 is 49.5 Å². The molecule has 0 aromatic carbocycles. The molecule has 1 fully saturated rings. The zero-order valence-electron chi connectivity index (χ0n) is 49.6. The summed E-state index contributed by atoms with van der Waals surface area (Å²) < 4.78 is 11.2. The number of unbranched alkanes of at least 4 members (excludes halogenated alkanes) is 17. The van der Waals surface area contributed by atoms with E-state index in [0.29, 0.717) is 6.42 Å². The molecule has 7 atom stereocenters. The lowest BCUT2D eigenvalue weighted by molar-refractivity contribution is -0.302. The van der Waals surface area contributed by atoms with Crippen LogP contribution in [0.1, 0.15) is 219 Å². The van der Waals surface area contributed by atoms with Crippen LogP contribution in [0.25, 0.3) is 0 Å². The molecule has 1 rings (SSSR count). The number of hydrogen-bond donors (Lipinski definition) is 6. The fraction of sp³-hybridized carbons (Fsp3) is 0.614. The van der Waals surface area contributed by atoms with Crippen molar-refractivity contribution in [3.05, 3.63) is 158 Å². The summed E-state index contributed by atoms with van der Waals surface area (Å²) in [4.78, 5) is 13.1. The van der Waals surface area contributed by atoms with Gasteiger partial charge in [-0.2, -0.15) is 0 Å². The van der Waals surface area contributed by atoms with Gasteiger partial charge in [-0.1, -0.05) is 262 Å². The average molecular weight is 1100 g/mol. The summed E-state index contributed by atoms with van der Waals surface area (Å²) in [6, 6.07) is -0.830. The third-order valence-electron chi connectivity index (χ3n) is 13.6. The molecule has 0 radical (unpaired) electrons. The highest BCUT2D eigenvalue weighted by Gasteiger charge is 2.44. The molecule has 1 aliphatic rings. The van der Waals surface area contributed by atoms with E-state index in [9.17, 15) is 30.3 Å². The van der Waals surface area contributed by atoms with E-state index >= 15 is 0 Å². The number of amides is 1. The highest BCUT2D eigenvalue weighted by molar-refractivity contribution is 5.76. The van der Waals surface area contributed by atoms with Crippen molar-refractivity contribution < 1.29 is 39.8 Å². The number of rotatable bonds is 51. The van der Waals surface area contributed by atoms with Gasteiger partial charge in [-0.25, -0.2) is 0 Å². The van der Waals surface area contributed by atoms with E-state index in [-0.39, 0.29) is 12.5 Å². The topological polar surface area (TPSA) is 149 Å². The monoisotopic (exact) mass is 1100 g/mol. The van der Waals surface area contributed by atoms with Crippen LogP contribution in [0, 0.1) is 0 Å². The normalized spacial score (nSPS) is 19.7. The zero-order chi connectivity index (χ0) is 57.2. The molecule has 9 nitrogen and oxygen atoms in total. The summed E-state index contributed by atoms with van der Waals surface area (Å²) in [5.74, 6) is -0.208. The molecule has 446 valence electrons. The third kappa shape index (κ3) is 46.2. The molecule has 7 unspecified atom stereocenters. The number of carbonyl (C=O) groups excluding carboxylic acids is 1. The molecule has 0 saturated carbocycles. The second-order valence-electron chi connectivity index (χ2n) is 20.8. The van der Waals surface area contributed by atoms with Gasteiger partial charge in [0, 0.05) is 6.42 Å². The minimum Gasteiger partial charge on any atom is -0.394 e. The maximum atomic E-state index is 13.1. The van der Waals surface area contributed by atoms with Gasteiger partial charge in [0.1, 0.15) is 24.4 Å². The molecule has 79 heavy (non-hydrogen) atoms. The number of ether oxygens (including phenoxy) is 2. The summed E-state index contributed by atoms with van der Waals surface area (Å²) in [5, 5.41) is 54.5. The van der Waals surface area contributed by atoms with Gasteiger partial charge in [0.05, 0.1) is 25.4 Å². The van der Waals surface area contributed by atoms with Crippen LogP contribution in [0.2, 0.25) is 0 Å². The van der Waals surface area contributed by atoms with Gasteiger partial charge in [-0.15, -0.1) is 0 Å². The van der Waals surface area contributed by atoms with Crippen molar-refractivity contribution in [2.24, 2.45) is 0 Å². The van der Waals surface area contributed by atoms with Gasteiger partial charge in [-0.05, 0) is 109 Å². The molecule has 1 amide bonds. The molecule has 1 aliphatic heterocycles. The first-order chi connectivity index (χ1) is 38.8. The van der Waals surface area contributed by atoms with E-state index in [0.717, 1.165) is 128 Å². The fourth-order valence-corrected chi connectivity index (χ4v) is 8.72. The van der Waals surface area contributed by atoms with Crippen LogP contribution in [0.4, 0.5) is 0 Å². The summed E-state index contributed by atoms with van der Waals surface area (Å²) in [6.45, 7) is 3.63. The van der Waals surface area contributed by atoms with Crippen LogP contribution in [0.15, 0.2) is 158 Å². The SMILES string of the molecule is CC/C=C\C/C=C\C/C=C\C/C=C\C/C=C\C/C=C\C/C=C\C/C=C\C/C=C\C/C=C\C/C=C\C/C=C\CCCCCCC(=O)NC(COC1OC(CO)C(O)C(O)C1O)C(O)/C=C/CCCCCCCCCCCCCCC. The number of carbonyl (C=O) groups is 1. The van der Waals surface area contributed by atoms with Crippen molar-refractivity contribution in [3.63, 3.8) is 0 Å². The maximum Gasteiger partial charge on any atom is 0.220 e. The molecule has 9 heteroatoms. The van der Waals surface area contributed by atoms with Gasteiger partial charge in [0.25, 0.3) is 0 Å². The van der Waals surface area contributed by atoms with E-state index in [2.05, 4.69) is 165 Å². The highest BCUT2D eigenvalue weighted by atomic mass is 16.7. The Kier molecular flexibility index (Phi) is 52.6. The van der Waals surface area contributed by atoms with E-state index in [1.807, 2.05) is 6.08 Å². The lowest BCUT2D eigenvalue weighted by atomic mass is 9.99. The molecule has 0 spiro atoms. The summed E-state index contributed by atoms with van der Waals surface area (Å²) in [5.41, 5.74) is 0. The molecular formula is C70H113NO8. The lowest BCUT2D eigenvalue weighted by Gasteiger charge is -2.40. The van der Waals surface area contributed by atoms with Gasteiger partial charge in [0.2, 0.25) is 5.91 Å². The van der Waals surface area contributed by atoms with E-state index in [1.165, 1.54) is 70.6 Å². The van der Waals surface area contributed by atoms with Gasteiger partial charge in [-0.3, -0.25) is 4.79 Å². The van der Waals surface area contributed by atoms with Crippen molar-refractivity contribution in [2.45, 2.75) is 262 Å². The molecular weight excluding hydrogens is 983 g/mol. The van der Waals surface area contributed by atoms with Gasteiger partial charge >= 0.3 is 0 Å². The first-order valence-electron chi connectivity index (χ1n) is 31.2. The number of aliphatic hydroxyl groups is 5. The predicted octanol–water partition coefficient (Wildman–Crippen LogP) is 16.4. The Morgan fingerprint density at radius 3 is 1.16 bits per heavy atom. The third-order valence-corrected chi connectivity index (χ3v) is 13.6. The standard InChI is InChI=1S/C70H113NO8/c1-3-5-7-9-11-13-15-17-19-20-21-22-23-24-25-26-27-28-29-30-31-32-33-34-35-36-37-38-39-40-41-42-43-44-46-48-50-52-54-56-58-60-66(74)71-63(62-78-70-69(77)68(76)67(75)65(61-72)79-70)64(73)59-57-55-53-51-49-47-45-18-16-14-12-10-8-6-4-2/h5,7,11,13,17,19,21-22,24-25,27-28,30-31,33-34,36-37,39-40,42-43,46,48,57,59,63-65,67-70,72-73,75-77H,3-4,6,8-10,12,14-16,18,20,23,26,29,32,35,38,41,44-45,47,49-56,58,60-62H2,1-2H3,(H,71,74)/b7-5-,13-11-,19-17-,22-21-,25-24-,28-27-,31-30-,34-33-,37-36-,40-39-,43-42-,48-46-,59-57+. The van der Waals surface area contributed by atoms with Crippen LogP contribution in [0.5, 0.6) is 0 Å². The Hall–Kier alpha value is -4.19. The fourth-order valence-electron chi connectivity index (χ4n) is 8.72. The molecule has 0 aromatic heterocycles. The predicted molar refractivity (Wildman–Crippen MR) is 336 cm³/mol. The summed E-state index contributed by atoms with van der Waals surface area (Å²) in [7, 11) is 0. The van der Waals surface area contributed by atoms with Crippen LogP contribution >= 0.6 is 0 Å².